The number of phenolic OH excluding ortho intramolecular Hbond substituents is 1. The highest BCUT2D eigenvalue weighted by atomic mass is 19.1. The van der Waals surface area contributed by atoms with Crippen LogP contribution in [-0.2, 0) is 17.8 Å². The fourth-order valence-electron chi connectivity index (χ4n) is 2.55. The first-order valence-corrected chi connectivity index (χ1v) is 8.53. The number of carbonyl (C=O) groups excluding carboxylic acids is 1. The average molecular weight is 366 g/mol. The van der Waals surface area contributed by atoms with Gasteiger partial charge in [0.2, 0.25) is 11.8 Å². The minimum absolute atomic E-state index is 0.154. The number of halogens is 1. The van der Waals surface area contributed by atoms with Crippen molar-refractivity contribution in [1.82, 2.24) is 10.3 Å². The number of amides is 1. The minimum Gasteiger partial charge on any atom is -0.508 e. The van der Waals surface area contributed by atoms with Gasteiger partial charge in [0.1, 0.15) is 17.3 Å². The number of phenols is 1. The van der Waals surface area contributed by atoms with Crippen molar-refractivity contribution >= 4 is 5.91 Å². The van der Waals surface area contributed by atoms with Crippen LogP contribution in [0.2, 0.25) is 0 Å². The van der Waals surface area contributed by atoms with Crippen LogP contribution in [0.25, 0.3) is 0 Å². The van der Waals surface area contributed by atoms with Crippen LogP contribution in [-0.4, -0.2) is 16.0 Å². The Balaban J connectivity index is 1.58. The molecule has 0 aliphatic rings. The Labute approximate surface area is 156 Å². The number of ether oxygens (including phenoxy) is 1. The lowest BCUT2D eigenvalue weighted by Gasteiger charge is -2.11. The van der Waals surface area contributed by atoms with Gasteiger partial charge >= 0.3 is 0 Å². The molecule has 1 heterocycles. The van der Waals surface area contributed by atoms with Crippen molar-refractivity contribution in [3.05, 3.63) is 83.8 Å². The lowest BCUT2D eigenvalue weighted by Crippen LogP contribution is -2.23. The highest BCUT2D eigenvalue weighted by molar-refractivity contribution is 5.76. The molecule has 1 aromatic heterocycles. The summed E-state index contributed by atoms with van der Waals surface area (Å²) >= 11 is 0. The zero-order chi connectivity index (χ0) is 19.1. The van der Waals surface area contributed by atoms with Crippen molar-refractivity contribution in [3.63, 3.8) is 0 Å². The Morgan fingerprint density at radius 3 is 2.70 bits per heavy atom. The number of aromatic hydroxyl groups is 1. The first-order valence-electron chi connectivity index (χ1n) is 8.53. The summed E-state index contributed by atoms with van der Waals surface area (Å²) in [5.41, 5.74) is 1.40. The summed E-state index contributed by atoms with van der Waals surface area (Å²) < 4.78 is 18.9. The van der Waals surface area contributed by atoms with Gasteiger partial charge in [-0.1, -0.05) is 30.3 Å². The molecule has 0 unspecified atom stereocenters. The molecular formula is C21H19FN2O3. The molecule has 6 heteroatoms. The third-order valence-corrected chi connectivity index (χ3v) is 3.95. The van der Waals surface area contributed by atoms with Gasteiger partial charge < -0.3 is 15.2 Å². The number of rotatable bonds is 7. The van der Waals surface area contributed by atoms with Crippen LogP contribution in [0.5, 0.6) is 17.4 Å². The van der Waals surface area contributed by atoms with Crippen LogP contribution < -0.4 is 10.1 Å². The molecule has 0 fully saturated rings. The largest absolute Gasteiger partial charge is 0.508 e. The Morgan fingerprint density at radius 2 is 1.89 bits per heavy atom. The number of aromatic nitrogens is 1. The quantitative estimate of drug-likeness (QED) is 0.664. The Kier molecular flexibility index (Phi) is 5.99. The number of carbonyl (C=O) groups is 1. The maximum absolute atomic E-state index is 13.3. The van der Waals surface area contributed by atoms with E-state index in [1.165, 1.54) is 12.1 Å². The van der Waals surface area contributed by atoms with Gasteiger partial charge in [0.15, 0.2) is 0 Å². The topological polar surface area (TPSA) is 71.5 Å². The summed E-state index contributed by atoms with van der Waals surface area (Å²) in [4.78, 5) is 16.3. The van der Waals surface area contributed by atoms with Crippen molar-refractivity contribution in [2.45, 2.75) is 19.4 Å². The fourth-order valence-corrected chi connectivity index (χ4v) is 2.55. The summed E-state index contributed by atoms with van der Waals surface area (Å²) in [5.74, 6) is 0.273. The first-order chi connectivity index (χ1) is 13.1. The van der Waals surface area contributed by atoms with Gasteiger partial charge in [-0.2, -0.15) is 0 Å². The van der Waals surface area contributed by atoms with E-state index in [9.17, 15) is 14.3 Å². The molecule has 0 spiro atoms. The predicted molar refractivity (Wildman–Crippen MR) is 99.0 cm³/mol. The number of benzene rings is 2. The lowest BCUT2D eigenvalue weighted by molar-refractivity contribution is -0.121. The van der Waals surface area contributed by atoms with Gasteiger partial charge in [0.25, 0.3) is 0 Å². The molecule has 3 aromatic rings. The Morgan fingerprint density at radius 1 is 1.07 bits per heavy atom. The summed E-state index contributed by atoms with van der Waals surface area (Å²) in [7, 11) is 0. The van der Waals surface area contributed by atoms with Crippen LogP contribution in [0, 0.1) is 5.82 Å². The van der Waals surface area contributed by atoms with Gasteiger partial charge in [-0.3, -0.25) is 4.79 Å². The SMILES string of the molecule is O=C(CCc1ccccc1O)NCc1cccnc1Oc1cccc(F)c1. The molecule has 5 nitrogen and oxygen atoms in total. The highest BCUT2D eigenvalue weighted by Crippen LogP contribution is 2.23. The van der Waals surface area contributed by atoms with Crippen LogP contribution in [0.3, 0.4) is 0 Å². The van der Waals surface area contributed by atoms with Crippen molar-refractivity contribution in [1.29, 1.82) is 0 Å². The zero-order valence-corrected chi connectivity index (χ0v) is 14.6. The molecule has 0 radical (unpaired) electrons. The third kappa shape index (κ3) is 5.28. The molecule has 3 rings (SSSR count). The third-order valence-electron chi connectivity index (χ3n) is 3.95. The second-order valence-electron chi connectivity index (χ2n) is 5.93. The van der Waals surface area contributed by atoms with E-state index in [0.29, 0.717) is 23.6 Å². The standard InChI is InChI=1S/C21H19FN2O3/c22-17-7-3-8-18(13-17)27-21-16(6-4-12-23-21)14-24-20(26)11-10-15-5-1-2-9-19(15)25/h1-9,12-13,25H,10-11,14H2,(H,24,26). The van der Waals surface area contributed by atoms with E-state index in [1.54, 1.807) is 48.7 Å². The molecule has 138 valence electrons. The van der Waals surface area contributed by atoms with Crippen LogP contribution in [0.15, 0.2) is 66.9 Å². The molecule has 0 saturated heterocycles. The molecule has 2 N–H and O–H groups in total. The zero-order valence-electron chi connectivity index (χ0n) is 14.6. The first kappa shape index (κ1) is 18.4. The van der Waals surface area contributed by atoms with Gasteiger partial charge in [0.05, 0.1) is 0 Å². The molecule has 0 saturated carbocycles. The Hall–Kier alpha value is -3.41. The highest BCUT2D eigenvalue weighted by Gasteiger charge is 2.10. The maximum Gasteiger partial charge on any atom is 0.224 e. The van der Waals surface area contributed by atoms with E-state index in [0.717, 1.165) is 5.56 Å². The molecule has 2 aromatic carbocycles. The summed E-state index contributed by atoms with van der Waals surface area (Å²) in [6.45, 7) is 0.234. The van der Waals surface area contributed by atoms with Gasteiger partial charge in [-0.25, -0.2) is 9.37 Å². The van der Waals surface area contributed by atoms with Crippen molar-refractivity contribution in [2.75, 3.05) is 0 Å². The van der Waals surface area contributed by atoms with Crippen LogP contribution in [0.4, 0.5) is 4.39 Å². The number of aryl methyl sites for hydroxylation is 1. The summed E-state index contributed by atoms with van der Waals surface area (Å²) in [6, 6.07) is 16.2. The molecule has 27 heavy (non-hydrogen) atoms. The van der Waals surface area contributed by atoms with Gasteiger partial charge in [-0.05, 0) is 36.2 Å². The summed E-state index contributed by atoms with van der Waals surface area (Å²) in [5, 5.41) is 12.6. The number of hydrogen-bond donors (Lipinski definition) is 2. The maximum atomic E-state index is 13.3. The molecular weight excluding hydrogens is 347 g/mol. The van der Waals surface area contributed by atoms with Crippen LogP contribution in [0.1, 0.15) is 17.5 Å². The van der Waals surface area contributed by atoms with Gasteiger partial charge in [0, 0.05) is 30.8 Å². The normalized spacial score (nSPS) is 10.4. The van der Waals surface area contributed by atoms with Crippen molar-refractivity contribution in [3.8, 4) is 17.4 Å². The van der Waals surface area contributed by atoms with Gasteiger partial charge in [-0.15, -0.1) is 0 Å². The van der Waals surface area contributed by atoms with Crippen molar-refractivity contribution in [2.24, 2.45) is 0 Å². The van der Waals surface area contributed by atoms with E-state index in [1.807, 2.05) is 6.07 Å². The minimum atomic E-state index is -0.401. The monoisotopic (exact) mass is 366 g/mol. The lowest BCUT2D eigenvalue weighted by atomic mass is 10.1. The van der Waals surface area contributed by atoms with Crippen LogP contribution >= 0.6 is 0 Å². The van der Waals surface area contributed by atoms with Crippen molar-refractivity contribution < 1.29 is 19.0 Å². The Bertz CT molecular complexity index is 931. The smallest absolute Gasteiger partial charge is 0.224 e. The van der Waals surface area contributed by atoms with E-state index in [-0.39, 0.29) is 24.6 Å². The number of nitrogens with one attached hydrogen (secondary N) is 1. The predicted octanol–water partition coefficient (Wildman–Crippen LogP) is 3.97. The van der Waals surface area contributed by atoms with E-state index < -0.39 is 5.82 Å². The average Bonchev–Trinajstić information content (AvgIpc) is 2.67. The second-order valence-corrected chi connectivity index (χ2v) is 5.93. The van der Waals surface area contributed by atoms with E-state index >= 15 is 0 Å². The number of nitrogens with zero attached hydrogens (tertiary/aromatic N) is 1. The second kappa shape index (κ2) is 8.80. The van der Waals surface area contributed by atoms with E-state index in [2.05, 4.69) is 10.3 Å². The van der Waals surface area contributed by atoms with E-state index in [4.69, 9.17) is 4.74 Å². The number of para-hydroxylation sites is 1. The number of pyridine rings is 1. The number of hydrogen-bond acceptors (Lipinski definition) is 4. The molecule has 1 amide bonds. The summed E-state index contributed by atoms with van der Waals surface area (Å²) in [6.07, 6.45) is 2.26. The molecule has 0 atom stereocenters. The molecule has 0 bridgehead atoms. The molecule has 0 aliphatic heterocycles. The molecule has 0 aliphatic carbocycles. The fraction of sp³-hybridized carbons (Fsp3) is 0.143.